The molecule has 192 valence electrons. The van der Waals surface area contributed by atoms with Gasteiger partial charge in [-0.05, 0) is 59.9 Å². The zero-order chi connectivity index (χ0) is 26.0. The van der Waals surface area contributed by atoms with Crippen LogP contribution >= 0.6 is 0 Å². The van der Waals surface area contributed by atoms with Gasteiger partial charge in [-0.3, -0.25) is 4.79 Å². The summed E-state index contributed by atoms with van der Waals surface area (Å²) in [5, 5.41) is 3.21. The number of amides is 1. The summed E-state index contributed by atoms with van der Waals surface area (Å²) in [5.74, 6) is 1.68. The van der Waals surface area contributed by atoms with Crippen LogP contribution in [0.1, 0.15) is 95.8 Å². The number of nitrogens with one attached hydrogen (secondary N) is 1. The molecule has 1 N–H and O–H groups in total. The molecule has 0 aromatic heterocycles. The number of ether oxygens (including phenoxy) is 2. The van der Waals surface area contributed by atoms with E-state index >= 15 is 0 Å². The first-order valence-corrected chi connectivity index (χ1v) is 12.7. The SMILES string of the molecule is CCCCCC(CC(=O)Nc1cc(CCC(C)=O)ccc1C(C)(C)C)c1ccc(OC)cc1OC. The molecule has 0 aliphatic rings. The molecule has 35 heavy (non-hydrogen) atoms. The van der Waals surface area contributed by atoms with Crippen LogP contribution in [0.5, 0.6) is 11.5 Å². The van der Waals surface area contributed by atoms with Crippen LogP contribution in [0.25, 0.3) is 0 Å². The van der Waals surface area contributed by atoms with Crippen molar-refractivity contribution >= 4 is 17.4 Å². The highest BCUT2D eigenvalue weighted by atomic mass is 16.5. The number of ketones is 1. The van der Waals surface area contributed by atoms with Crippen molar-refractivity contribution in [2.75, 3.05) is 19.5 Å². The summed E-state index contributed by atoms with van der Waals surface area (Å²) in [7, 11) is 3.29. The highest BCUT2D eigenvalue weighted by Crippen LogP contribution is 2.36. The molecule has 1 amide bonds. The lowest BCUT2D eigenvalue weighted by Gasteiger charge is -2.25. The molecule has 0 aliphatic carbocycles. The first-order chi connectivity index (χ1) is 16.6. The molecule has 2 rings (SSSR count). The average Bonchev–Trinajstić information content (AvgIpc) is 2.81. The number of hydrogen-bond donors (Lipinski definition) is 1. The molecule has 0 saturated carbocycles. The molecule has 1 atom stereocenters. The zero-order valence-electron chi connectivity index (χ0n) is 22.6. The predicted octanol–water partition coefficient (Wildman–Crippen LogP) is 7.22. The van der Waals surface area contributed by atoms with Crippen molar-refractivity contribution in [3.63, 3.8) is 0 Å². The van der Waals surface area contributed by atoms with Gasteiger partial charge in [-0.2, -0.15) is 0 Å². The fraction of sp³-hybridized carbons (Fsp3) is 0.533. The second kappa shape index (κ2) is 13.3. The van der Waals surface area contributed by atoms with Gasteiger partial charge in [0.1, 0.15) is 17.3 Å². The van der Waals surface area contributed by atoms with Gasteiger partial charge in [-0.15, -0.1) is 0 Å². The average molecular weight is 482 g/mol. The Balaban J connectivity index is 2.31. The molecule has 5 nitrogen and oxygen atoms in total. The molecule has 0 heterocycles. The van der Waals surface area contributed by atoms with Crippen LogP contribution < -0.4 is 14.8 Å². The predicted molar refractivity (Wildman–Crippen MR) is 144 cm³/mol. The number of anilines is 1. The van der Waals surface area contributed by atoms with Crippen molar-refractivity contribution < 1.29 is 19.1 Å². The van der Waals surface area contributed by atoms with Crippen molar-refractivity contribution in [2.24, 2.45) is 0 Å². The van der Waals surface area contributed by atoms with E-state index in [-0.39, 0.29) is 23.0 Å². The monoisotopic (exact) mass is 481 g/mol. The van der Waals surface area contributed by atoms with E-state index in [0.29, 0.717) is 19.3 Å². The van der Waals surface area contributed by atoms with Crippen LogP contribution in [0.3, 0.4) is 0 Å². The highest BCUT2D eigenvalue weighted by Gasteiger charge is 2.23. The van der Waals surface area contributed by atoms with Crippen molar-refractivity contribution in [1.29, 1.82) is 0 Å². The van der Waals surface area contributed by atoms with Gasteiger partial charge in [0.05, 0.1) is 14.2 Å². The molecule has 5 heteroatoms. The molecule has 0 spiro atoms. The van der Waals surface area contributed by atoms with E-state index in [4.69, 9.17) is 9.47 Å². The molecule has 2 aromatic carbocycles. The normalized spacial score (nSPS) is 12.2. The Hall–Kier alpha value is -2.82. The molecule has 0 fully saturated rings. The van der Waals surface area contributed by atoms with Gasteiger partial charge < -0.3 is 19.6 Å². The Morgan fingerprint density at radius 1 is 1.00 bits per heavy atom. The Morgan fingerprint density at radius 3 is 2.34 bits per heavy atom. The summed E-state index contributed by atoms with van der Waals surface area (Å²) in [4.78, 5) is 24.9. The Kier molecular flexibility index (Phi) is 10.8. The van der Waals surface area contributed by atoms with E-state index in [0.717, 1.165) is 59.6 Å². The van der Waals surface area contributed by atoms with Gasteiger partial charge in [-0.1, -0.05) is 65.2 Å². The van der Waals surface area contributed by atoms with Gasteiger partial charge in [0.25, 0.3) is 0 Å². The fourth-order valence-corrected chi connectivity index (χ4v) is 4.41. The fourth-order valence-electron chi connectivity index (χ4n) is 4.41. The van der Waals surface area contributed by atoms with E-state index < -0.39 is 0 Å². The molecule has 0 bridgehead atoms. The summed E-state index contributed by atoms with van der Waals surface area (Å²) in [6.45, 7) is 10.2. The van der Waals surface area contributed by atoms with Crippen LogP contribution in [-0.4, -0.2) is 25.9 Å². The molecule has 0 aliphatic heterocycles. The number of Topliss-reactive ketones (excluding diaryl/α,β-unsaturated/α-hetero) is 1. The quantitative estimate of drug-likeness (QED) is 0.307. The first-order valence-electron chi connectivity index (χ1n) is 12.7. The van der Waals surface area contributed by atoms with E-state index in [1.165, 1.54) is 0 Å². The lowest BCUT2D eigenvalue weighted by molar-refractivity contribution is -0.117. The number of benzene rings is 2. The van der Waals surface area contributed by atoms with Crippen LogP contribution in [0.15, 0.2) is 36.4 Å². The largest absolute Gasteiger partial charge is 0.497 e. The second-order valence-electron chi connectivity index (χ2n) is 10.4. The van der Waals surface area contributed by atoms with Gasteiger partial charge >= 0.3 is 0 Å². The number of unbranched alkanes of at least 4 members (excludes halogenated alkanes) is 2. The van der Waals surface area contributed by atoms with Gasteiger partial charge in [0, 0.05) is 24.6 Å². The number of rotatable bonds is 13. The van der Waals surface area contributed by atoms with Crippen molar-refractivity contribution in [2.45, 2.75) is 90.9 Å². The number of aryl methyl sites for hydroxylation is 1. The number of carbonyl (C=O) groups excluding carboxylic acids is 2. The van der Waals surface area contributed by atoms with Crippen molar-refractivity contribution in [3.8, 4) is 11.5 Å². The second-order valence-corrected chi connectivity index (χ2v) is 10.4. The minimum Gasteiger partial charge on any atom is -0.497 e. The Morgan fingerprint density at radius 2 is 1.74 bits per heavy atom. The molecule has 0 radical (unpaired) electrons. The third-order valence-electron chi connectivity index (χ3n) is 6.40. The summed E-state index contributed by atoms with van der Waals surface area (Å²) in [6.07, 6.45) is 5.76. The summed E-state index contributed by atoms with van der Waals surface area (Å²) in [5.41, 5.74) is 3.88. The topological polar surface area (TPSA) is 64.6 Å². The van der Waals surface area contributed by atoms with Crippen molar-refractivity contribution in [1.82, 2.24) is 0 Å². The van der Waals surface area contributed by atoms with E-state index in [2.05, 4.69) is 45.1 Å². The standard InChI is InChI=1S/C30H43NO4/c1-8-9-10-11-23(25-16-15-24(34-6)20-28(25)35-7)19-29(33)31-27-18-22(13-12-21(2)32)14-17-26(27)30(3,4)5/h14-18,20,23H,8-13,19H2,1-7H3,(H,31,33). The number of carbonyl (C=O) groups is 2. The van der Waals surface area contributed by atoms with Crippen LogP contribution in [0, 0.1) is 0 Å². The maximum absolute atomic E-state index is 13.4. The molecule has 1 unspecified atom stereocenters. The zero-order valence-corrected chi connectivity index (χ0v) is 22.6. The van der Waals surface area contributed by atoms with E-state index in [9.17, 15) is 9.59 Å². The van der Waals surface area contributed by atoms with Gasteiger partial charge in [0.15, 0.2) is 0 Å². The number of methoxy groups -OCH3 is 2. The lowest BCUT2D eigenvalue weighted by Crippen LogP contribution is -2.21. The summed E-state index contributed by atoms with van der Waals surface area (Å²) >= 11 is 0. The minimum atomic E-state index is -0.124. The van der Waals surface area contributed by atoms with Gasteiger partial charge in [0.2, 0.25) is 5.91 Å². The molecule has 2 aromatic rings. The minimum absolute atomic E-state index is 0.0152. The van der Waals surface area contributed by atoms with Crippen LogP contribution in [-0.2, 0) is 21.4 Å². The Bertz CT molecular complexity index is 990. The molecule has 0 saturated heterocycles. The van der Waals surface area contributed by atoms with E-state index in [1.54, 1.807) is 21.1 Å². The maximum atomic E-state index is 13.4. The third-order valence-corrected chi connectivity index (χ3v) is 6.40. The van der Waals surface area contributed by atoms with Crippen LogP contribution in [0.4, 0.5) is 5.69 Å². The highest BCUT2D eigenvalue weighted by molar-refractivity contribution is 5.92. The summed E-state index contributed by atoms with van der Waals surface area (Å²) < 4.78 is 11.0. The molecular formula is C30H43NO4. The lowest BCUT2D eigenvalue weighted by atomic mass is 9.84. The first kappa shape index (κ1) is 28.4. The Labute approximate surface area is 211 Å². The third kappa shape index (κ3) is 8.72. The number of hydrogen-bond acceptors (Lipinski definition) is 4. The maximum Gasteiger partial charge on any atom is 0.224 e. The smallest absolute Gasteiger partial charge is 0.224 e. The van der Waals surface area contributed by atoms with Crippen molar-refractivity contribution in [3.05, 3.63) is 53.1 Å². The van der Waals surface area contributed by atoms with Gasteiger partial charge in [-0.25, -0.2) is 0 Å². The summed E-state index contributed by atoms with van der Waals surface area (Å²) in [6, 6.07) is 12.0. The molecular weight excluding hydrogens is 438 g/mol. The van der Waals surface area contributed by atoms with Crippen LogP contribution in [0.2, 0.25) is 0 Å². The van der Waals surface area contributed by atoms with E-state index in [1.807, 2.05) is 24.3 Å².